The van der Waals surface area contributed by atoms with E-state index in [1.54, 1.807) is 14.2 Å². The fraction of sp³-hybridized carbons (Fsp3) is 0.0714. The molecule has 10 heteroatoms. The van der Waals surface area contributed by atoms with Crippen LogP contribution in [0.25, 0.3) is 32.6 Å². The third kappa shape index (κ3) is 4.72. The van der Waals surface area contributed by atoms with Crippen molar-refractivity contribution in [2.75, 3.05) is 25.3 Å². The second-order valence-corrected chi connectivity index (χ2v) is 9.29. The molecule has 5 rings (SSSR count). The van der Waals surface area contributed by atoms with Crippen molar-refractivity contribution in [1.29, 1.82) is 0 Å². The van der Waals surface area contributed by atoms with Crippen molar-refractivity contribution < 1.29 is 19.2 Å². The number of hydrogen-bond acceptors (Lipinski definition) is 8. The van der Waals surface area contributed by atoms with Gasteiger partial charge in [-0.3, -0.25) is 14.9 Å². The molecule has 2 aromatic heterocycles. The standard InChI is InChI=1S/C28H22N4O5S/c1-36-20-11-3-16(4-12-20)22-15-23(17-5-13-21(37-2)14-6-17)31-28-24(22)25(29)26(38-28)27(33)30-18-7-9-19(10-8-18)32(34)35/h3-15H,29H2,1-2H3,(H,30,33). The van der Waals surface area contributed by atoms with Gasteiger partial charge in [-0.15, -0.1) is 11.3 Å². The molecule has 0 saturated heterocycles. The molecule has 0 saturated carbocycles. The highest BCUT2D eigenvalue weighted by Gasteiger charge is 2.22. The van der Waals surface area contributed by atoms with Gasteiger partial charge in [0.15, 0.2) is 0 Å². The van der Waals surface area contributed by atoms with Crippen molar-refractivity contribution in [1.82, 2.24) is 4.98 Å². The molecule has 0 bridgehead atoms. The van der Waals surface area contributed by atoms with Crippen LogP contribution in [-0.2, 0) is 0 Å². The summed E-state index contributed by atoms with van der Waals surface area (Å²) in [6.07, 6.45) is 0. The summed E-state index contributed by atoms with van der Waals surface area (Å²) in [5, 5.41) is 14.4. The number of carbonyl (C=O) groups excluding carboxylic acids is 1. The molecule has 0 fully saturated rings. The van der Waals surface area contributed by atoms with Gasteiger partial charge < -0.3 is 20.5 Å². The van der Waals surface area contributed by atoms with Crippen LogP contribution in [-0.4, -0.2) is 30.0 Å². The van der Waals surface area contributed by atoms with Crippen LogP contribution in [0.15, 0.2) is 78.9 Å². The van der Waals surface area contributed by atoms with Crippen LogP contribution in [0.5, 0.6) is 11.5 Å². The van der Waals surface area contributed by atoms with Crippen LogP contribution in [0.2, 0.25) is 0 Å². The molecule has 3 N–H and O–H groups in total. The van der Waals surface area contributed by atoms with E-state index in [-0.39, 0.29) is 5.69 Å². The fourth-order valence-electron chi connectivity index (χ4n) is 4.05. The van der Waals surface area contributed by atoms with Gasteiger partial charge in [-0.1, -0.05) is 12.1 Å². The van der Waals surface area contributed by atoms with Gasteiger partial charge in [-0.05, 0) is 65.7 Å². The van der Waals surface area contributed by atoms with Crippen molar-refractivity contribution in [3.63, 3.8) is 0 Å². The first-order valence-electron chi connectivity index (χ1n) is 11.5. The molecule has 2 heterocycles. The molecule has 190 valence electrons. The van der Waals surface area contributed by atoms with Gasteiger partial charge >= 0.3 is 0 Å². The predicted molar refractivity (Wildman–Crippen MR) is 149 cm³/mol. The van der Waals surface area contributed by atoms with Crippen LogP contribution in [0.4, 0.5) is 17.1 Å². The Morgan fingerprint density at radius 3 is 2.05 bits per heavy atom. The van der Waals surface area contributed by atoms with Crippen LogP contribution < -0.4 is 20.5 Å². The Morgan fingerprint density at radius 1 is 0.921 bits per heavy atom. The minimum atomic E-state index is -0.498. The minimum absolute atomic E-state index is 0.0660. The molecule has 38 heavy (non-hydrogen) atoms. The van der Waals surface area contributed by atoms with E-state index in [2.05, 4.69) is 5.32 Å². The molecule has 0 radical (unpaired) electrons. The number of fused-ring (bicyclic) bond motifs is 1. The zero-order valence-corrected chi connectivity index (χ0v) is 21.2. The first-order chi connectivity index (χ1) is 18.4. The van der Waals surface area contributed by atoms with Crippen LogP contribution in [0, 0.1) is 10.1 Å². The third-order valence-corrected chi connectivity index (χ3v) is 7.13. The summed E-state index contributed by atoms with van der Waals surface area (Å²) in [5.74, 6) is 1.03. The molecule has 0 unspecified atom stereocenters. The lowest BCUT2D eigenvalue weighted by Crippen LogP contribution is -2.11. The summed E-state index contributed by atoms with van der Waals surface area (Å²) in [7, 11) is 3.22. The lowest BCUT2D eigenvalue weighted by Gasteiger charge is -2.10. The van der Waals surface area contributed by atoms with Crippen LogP contribution in [0.1, 0.15) is 9.67 Å². The number of nitrogens with zero attached hydrogens (tertiary/aromatic N) is 2. The first-order valence-corrected chi connectivity index (χ1v) is 12.3. The number of pyridine rings is 1. The van der Waals surface area contributed by atoms with Gasteiger partial charge in [0, 0.05) is 28.8 Å². The van der Waals surface area contributed by atoms with Gasteiger partial charge in [0.25, 0.3) is 11.6 Å². The van der Waals surface area contributed by atoms with Crippen molar-refractivity contribution in [2.45, 2.75) is 0 Å². The molecule has 5 aromatic rings. The van der Waals surface area contributed by atoms with Crippen molar-refractivity contribution in [3.8, 4) is 33.9 Å². The van der Waals surface area contributed by atoms with Crippen LogP contribution >= 0.6 is 11.3 Å². The number of aromatic nitrogens is 1. The number of nitro benzene ring substituents is 1. The highest BCUT2D eigenvalue weighted by molar-refractivity contribution is 7.21. The summed E-state index contributed by atoms with van der Waals surface area (Å²) >= 11 is 1.19. The Kier molecular flexibility index (Phi) is 6.63. The van der Waals surface area contributed by atoms with E-state index in [1.807, 2.05) is 54.6 Å². The lowest BCUT2D eigenvalue weighted by atomic mass is 9.99. The average molecular weight is 527 g/mol. The maximum Gasteiger partial charge on any atom is 0.269 e. The second-order valence-electron chi connectivity index (χ2n) is 8.30. The molecule has 3 aromatic carbocycles. The van der Waals surface area contributed by atoms with Gasteiger partial charge in [0.05, 0.1) is 30.5 Å². The number of thiophene rings is 1. The second kappa shape index (κ2) is 10.2. The number of rotatable bonds is 7. The topological polar surface area (TPSA) is 130 Å². The summed E-state index contributed by atoms with van der Waals surface area (Å²) in [6.45, 7) is 0. The Balaban J connectivity index is 1.61. The van der Waals surface area contributed by atoms with Gasteiger partial charge in [0.2, 0.25) is 0 Å². The summed E-state index contributed by atoms with van der Waals surface area (Å²) < 4.78 is 10.6. The number of benzene rings is 3. The zero-order chi connectivity index (χ0) is 26.8. The number of nitrogens with two attached hydrogens (primary N) is 1. The maximum atomic E-state index is 13.2. The predicted octanol–water partition coefficient (Wildman–Crippen LogP) is 6.39. The molecule has 1 amide bonds. The first kappa shape index (κ1) is 24.7. The highest BCUT2D eigenvalue weighted by atomic mass is 32.1. The fourth-order valence-corrected chi connectivity index (χ4v) is 5.07. The smallest absolute Gasteiger partial charge is 0.269 e. The van der Waals surface area contributed by atoms with E-state index >= 15 is 0 Å². The Hall–Kier alpha value is -4.96. The number of ether oxygens (including phenoxy) is 2. The lowest BCUT2D eigenvalue weighted by molar-refractivity contribution is -0.384. The number of methoxy groups -OCH3 is 2. The summed E-state index contributed by atoms with van der Waals surface area (Å²) in [4.78, 5) is 29.4. The molecule has 0 aliphatic carbocycles. The van der Waals surface area contributed by atoms with E-state index in [0.29, 0.717) is 26.5 Å². The number of nitro groups is 1. The van der Waals surface area contributed by atoms with E-state index in [0.717, 1.165) is 33.9 Å². The number of amides is 1. The van der Waals surface area contributed by atoms with Gasteiger partial charge in [0.1, 0.15) is 21.2 Å². The zero-order valence-electron chi connectivity index (χ0n) is 20.4. The quantitative estimate of drug-likeness (QED) is 0.186. The monoisotopic (exact) mass is 526 g/mol. The molecule has 0 spiro atoms. The van der Waals surface area contributed by atoms with Crippen molar-refractivity contribution in [3.05, 3.63) is 93.9 Å². The molecular weight excluding hydrogens is 504 g/mol. The molecular formula is C28H22N4O5S. The van der Waals surface area contributed by atoms with Crippen molar-refractivity contribution in [2.24, 2.45) is 0 Å². The van der Waals surface area contributed by atoms with Gasteiger partial charge in [-0.25, -0.2) is 4.98 Å². The normalized spacial score (nSPS) is 10.8. The number of carbonyl (C=O) groups is 1. The van der Waals surface area contributed by atoms with E-state index in [4.69, 9.17) is 20.2 Å². The molecule has 9 nitrogen and oxygen atoms in total. The van der Waals surface area contributed by atoms with Crippen molar-refractivity contribution >= 4 is 44.5 Å². The average Bonchev–Trinajstić information content (AvgIpc) is 3.29. The number of non-ortho nitro benzene ring substituents is 1. The number of nitrogens with one attached hydrogen (secondary N) is 1. The molecule has 0 atom stereocenters. The van der Waals surface area contributed by atoms with Crippen LogP contribution in [0.3, 0.4) is 0 Å². The largest absolute Gasteiger partial charge is 0.497 e. The van der Waals surface area contributed by atoms with E-state index < -0.39 is 10.8 Å². The highest BCUT2D eigenvalue weighted by Crippen LogP contribution is 2.42. The Labute approximate surface area is 221 Å². The SMILES string of the molecule is COc1ccc(-c2cc(-c3ccc(OC)cc3)c3c(N)c(C(=O)Nc4ccc([N+](=O)[O-])cc4)sc3n2)cc1. The van der Waals surface area contributed by atoms with E-state index in [1.165, 1.54) is 35.6 Å². The summed E-state index contributed by atoms with van der Waals surface area (Å²) in [5.41, 5.74) is 10.5. The maximum absolute atomic E-state index is 13.2. The van der Waals surface area contributed by atoms with E-state index in [9.17, 15) is 14.9 Å². The van der Waals surface area contributed by atoms with Gasteiger partial charge in [-0.2, -0.15) is 0 Å². The third-order valence-electron chi connectivity index (χ3n) is 6.03. The number of hydrogen-bond donors (Lipinski definition) is 2. The molecule has 0 aliphatic rings. The number of nitrogen functional groups attached to an aromatic ring is 1. The Morgan fingerprint density at radius 2 is 1.50 bits per heavy atom. The summed E-state index contributed by atoms with van der Waals surface area (Å²) in [6, 6.07) is 22.7. The minimum Gasteiger partial charge on any atom is -0.497 e. The molecule has 0 aliphatic heterocycles. The Bertz CT molecular complexity index is 1650. The number of anilines is 2.